The first-order chi connectivity index (χ1) is 8.44. The van der Waals surface area contributed by atoms with Crippen LogP contribution in [0.2, 0.25) is 0 Å². The maximum atomic E-state index is 12.0. The van der Waals surface area contributed by atoms with Crippen LogP contribution in [0.3, 0.4) is 0 Å². The Bertz CT molecular complexity index is 523. The molecular formula is C13H11ClF3NO. The summed E-state index contributed by atoms with van der Waals surface area (Å²) in [7, 11) is 0. The average Bonchev–Trinajstić information content (AvgIpc) is 2.29. The van der Waals surface area contributed by atoms with E-state index in [1.165, 1.54) is 12.1 Å². The van der Waals surface area contributed by atoms with Crippen LogP contribution in [0.4, 0.5) is 18.9 Å². The summed E-state index contributed by atoms with van der Waals surface area (Å²) < 4.78 is 39.7. The Morgan fingerprint density at radius 2 is 1.21 bits per heavy atom. The Morgan fingerprint density at radius 3 is 1.63 bits per heavy atom. The molecule has 0 atom stereocenters. The summed E-state index contributed by atoms with van der Waals surface area (Å²) in [6.45, 7) is 0. The third kappa shape index (κ3) is 4.37. The summed E-state index contributed by atoms with van der Waals surface area (Å²) in [6.07, 6.45) is -4.66. The van der Waals surface area contributed by atoms with Gasteiger partial charge in [-0.1, -0.05) is 24.3 Å². The monoisotopic (exact) mass is 289 g/mol. The zero-order chi connectivity index (χ0) is 13.2. The molecular weight excluding hydrogens is 279 g/mol. The first-order valence-electron chi connectivity index (χ1n) is 5.16. The molecule has 0 aliphatic rings. The van der Waals surface area contributed by atoms with Gasteiger partial charge in [-0.2, -0.15) is 0 Å². The van der Waals surface area contributed by atoms with Gasteiger partial charge in [0, 0.05) is 5.69 Å². The quantitative estimate of drug-likeness (QED) is 0.839. The molecule has 0 heterocycles. The van der Waals surface area contributed by atoms with Crippen molar-refractivity contribution >= 4 is 18.1 Å². The zero-order valence-corrected chi connectivity index (χ0v) is 10.5. The van der Waals surface area contributed by atoms with Crippen molar-refractivity contribution in [1.29, 1.82) is 0 Å². The van der Waals surface area contributed by atoms with Crippen LogP contribution in [-0.4, -0.2) is 6.36 Å². The maximum Gasteiger partial charge on any atom is 0.573 e. The number of ether oxygens (including phenoxy) is 1. The highest BCUT2D eigenvalue weighted by Crippen LogP contribution is 2.26. The van der Waals surface area contributed by atoms with Crippen LogP contribution in [0.25, 0.3) is 11.1 Å². The number of anilines is 1. The van der Waals surface area contributed by atoms with Crippen molar-refractivity contribution in [3.8, 4) is 16.9 Å². The normalized spacial score (nSPS) is 10.7. The van der Waals surface area contributed by atoms with E-state index >= 15 is 0 Å². The molecule has 0 aliphatic carbocycles. The highest BCUT2D eigenvalue weighted by molar-refractivity contribution is 5.85. The lowest BCUT2D eigenvalue weighted by molar-refractivity contribution is -0.274. The third-order valence-corrected chi connectivity index (χ3v) is 2.33. The Labute approximate surface area is 114 Å². The molecule has 6 heteroatoms. The molecule has 0 fully saturated rings. The second kappa shape index (κ2) is 5.84. The molecule has 102 valence electrons. The van der Waals surface area contributed by atoms with Crippen molar-refractivity contribution in [1.82, 2.24) is 0 Å². The second-order valence-electron chi connectivity index (χ2n) is 3.69. The largest absolute Gasteiger partial charge is 0.573 e. The molecule has 2 N–H and O–H groups in total. The number of nitrogen functional groups attached to an aromatic ring is 1. The number of hydrogen-bond donors (Lipinski definition) is 1. The van der Waals surface area contributed by atoms with Crippen LogP contribution in [0.5, 0.6) is 5.75 Å². The predicted octanol–water partition coefficient (Wildman–Crippen LogP) is 4.26. The lowest BCUT2D eigenvalue weighted by Gasteiger charge is -2.09. The van der Waals surface area contributed by atoms with Crippen LogP contribution >= 0.6 is 12.4 Å². The maximum absolute atomic E-state index is 12.0. The van der Waals surface area contributed by atoms with E-state index < -0.39 is 6.36 Å². The van der Waals surface area contributed by atoms with Gasteiger partial charge < -0.3 is 10.5 Å². The van der Waals surface area contributed by atoms with E-state index in [2.05, 4.69) is 4.74 Å². The van der Waals surface area contributed by atoms with Gasteiger partial charge in [0.1, 0.15) is 5.75 Å². The lowest BCUT2D eigenvalue weighted by atomic mass is 10.1. The fourth-order valence-corrected chi connectivity index (χ4v) is 1.52. The minimum Gasteiger partial charge on any atom is -0.406 e. The molecule has 19 heavy (non-hydrogen) atoms. The van der Waals surface area contributed by atoms with Gasteiger partial charge >= 0.3 is 6.36 Å². The average molecular weight is 290 g/mol. The van der Waals surface area contributed by atoms with Gasteiger partial charge in [-0.05, 0) is 35.4 Å². The molecule has 0 aromatic heterocycles. The van der Waals surface area contributed by atoms with Crippen LogP contribution in [0, 0.1) is 0 Å². The van der Waals surface area contributed by atoms with Gasteiger partial charge in [-0.25, -0.2) is 0 Å². The van der Waals surface area contributed by atoms with Crippen LogP contribution < -0.4 is 10.5 Å². The molecule has 0 saturated carbocycles. The molecule has 2 aromatic carbocycles. The van der Waals surface area contributed by atoms with E-state index in [9.17, 15) is 13.2 Å². The van der Waals surface area contributed by atoms with Gasteiger partial charge in [0.25, 0.3) is 0 Å². The first-order valence-corrected chi connectivity index (χ1v) is 5.16. The molecule has 2 aromatic rings. The van der Waals surface area contributed by atoms with Crippen molar-refractivity contribution in [2.45, 2.75) is 6.36 Å². The van der Waals surface area contributed by atoms with Gasteiger partial charge in [-0.3, -0.25) is 0 Å². The molecule has 0 amide bonds. The Balaban J connectivity index is 0.00000180. The molecule has 2 rings (SSSR count). The van der Waals surface area contributed by atoms with Crippen LogP contribution in [0.1, 0.15) is 0 Å². The van der Waals surface area contributed by atoms with Gasteiger partial charge in [0.2, 0.25) is 0 Å². The second-order valence-corrected chi connectivity index (χ2v) is 3.69. The van der Waals surface area contributed by atoms with E-state index in [0.717, 1.165) is 11.1 Å². The van der Waals surface area contributed by atoms with Crippen molar-refractivity contribution in [3.63, 3.8) is 0 Å². The lowest BCUT2D eigenvalue weighted by Crippen LogP contribution is -2.16. The summed E-state index contributed by atoms with van der Waals surface area (Å²) in [5.41, 5.74) is 7.86. The van der Waals surface area contributed by atoms with E-state index in [1.807, 2.05) is 0 Å². The number of nitrogens with two attached hydrogens (primary N) is 1. The first kappa shape index (κ1) is 15.2. The SMILES string of the molecule is Cl.Nc1ccc(-c2ccc(OC(F)(F)F)cc2)cc1. The standard InChI is InChI=1S/C13H10F3NO.ClH/c14-13(15,16)18-12-7-3-10(4-8-12)9-1-5-11(17)6-2-9;/h1-8H,17H2;1H. The number of hydrogen-bond acceptors (Lipinski definition) is 2. The summed E-state index contributed by atoms with van der Waals surface area (Å²) in [4.78, 5) is 0. The highest BCUT2D eigenvalue weighted by atomic mass is 35.5. The van der Waals surface area contributed by atoms with E-state index in [1.54, 1.807) is 36.4 Å². The molecule has 0 unspecified atom stereocenters. The van der Waals surface area contributed by atoms with E-state index in [0.29, 0.717) is 5.69 Å². The van der Waals surface area contributed by atoms with E-state index in [-0.39, 0.29) is 18.2 Å². The summed E-state index contributed by atoms with van der Waals surface area (Å²) >= 11 is 0. The van der Waals surface area contributed by atoms with E-state index in [4.69, 9.17) is 5.73 Å². The molecule has 0 spiro atoms. The van der Waals surface area contributed by atoms with Gasteiger partial charge in [0.15, 0.2) is 0 Å². The Hall–Kier alpha value is -1.88. The minimum absolute atomic E-state index is 0. The topological polar surface area (TPSA) is 35.2 Å². The Kier molecular flexibility index (Phi) is 4.67. The molecule has 0 aliphatic heterocycles. The van der Waals surface area contributed by atoms with Gasteiger partial charge in [0.05, 0.1) is 0 Å². The van der Waals surface area contributed by atoms with Crippen LogP contribution in [0.15, 0.2) is 48.5 Å². The number of halogens is 4. The van der Waals surface area contributed by atoms with Crippen LogP contribution in [-0.2, 0) is 0 Å². The summed E-state index contributed by atoms with van der Waals surface area (Å²) in [5.74, 6) is -0.235. The van der Waals surface area contributed by atoms with Crippen molar-refractivity contribution in [2.24, 2.45) is 0 Å². The smallest absolute Gasteiger partial charge is 0.406 e. The predicted molar refractivity (Wildman–Crippen MR) is 70.2 cm³/mol. The number of benzene rings is 2. The van der Waals surface area contributed by atoms with Gasteiger partial charge in [-0.15, -0.1) is 25.6 Å². The zero-order valence-electron chi connectivity index (χ0n) is 9.65. The Morgan fingerprint density at radius 1 is 0.789 bits per heavy atom. The molecule has 0 radical (unpaired) electrons. The minimum atomic E-state index is -4.66. The molecule has 0 saturated heterocycles. The third-order valence-electron chi connectivity index (χ3n) is 2.33. The van der Waals surface area contributed by atoms with Crippen molar-refractivity contribution in [3.05, 3.63) is 48.5 Å². The summed E-state index contributed by atoms with van der Waals surface area (Å²) in [5, 5.41) is 0. The summed E-state index contributed by atoms with van der Waals surface area (Å²) in [6, 6.07) is 12.7. The van der Waals surface area contributed by atoms with Crippen molar-refractivity contribution < 1.29 is 17.9 Å². The number of alkyl halides is 3. The fourth-order valence-electron chi connectivity index (χ4n) is 1.52. The highest BCUT2D eigenvalue weighted by Gasteiger charge is 2.30. The van der Waals surface area contributed by atoms with Crippen molar-refractivity contribution in [2.75, 3.05) is 5.73 Å². The molecule has 0 bridgehead atoms. The fraction of sp³-hybridized carbons (Fsp3) is 0.0769. The number of rotatable bonds is 2. The molecule has 2 nitrogen and oxygen atoms in total.